The normalized spacial score (nSPS) is 10.0. The van der Waals surface area contributed by atoms with E-state index in [2.05, 4.69) is 22.5 Å². The van der Waals surface area contributed by atoms with E-state index < -0.39 is 0 Å². The predicted octanol–water partition coefficient (Wildman–Crippen LogP) is 3.61. The van der Waals surface area contributed by atoms with Crippen LogP contribution in [0.2, 0.25) is 0 Å². The maximum atomic E-state index is 12.0. The van der Waals surface area contributed by atoms with Crippen molar-refractivity contribution in [3.8, 4) is 5.75 Å². The van der Waals surface area contributed by atoms with Gasteiger partial charge in [-0.3, -0.25) is 5.32 Å². The molecule has 2 N–H and O–H groups in total. The van der Waals surface area contributed by atoms with Gasteiger partial charge in [0.15, 0.2) is 0 Å². The van der Waals surface area contributed by atoms with Gasteiger partial charge in [0.1, 0.15) is 11.6 Å². The maximum absolute atomic E-state index is 12.0. The Kier molecular flexibility index (Phi) is 4.77. The molecule has 2 rings (SSSR count). The molecular formula is C16H19N3O2. The molecule has 0 radical (unpaired) electrons. The fourth-order valence-corrected chi connectivity index (χ4v) is 1.94. The minimum Gasteiger partial charge on any atom is -0.495 e. The van der Waals surface area contributed by atoms with Crippen molar-refractivity contribution in [2.45, 2.75) is 20.3 Å². The molecule has 0 saturated carbocycles. The van der Waals surface area contributed by atoms with Crippen molar-refractivity contribution in [2.24, 2.45) is 0 Å². The lowest BCUT2D eigenvalue weighted by Gasteiger charge is -2.12. The highest BCUT2D eigenvalue weighted by atomic mass is 16.5. The highest BCUT2D eigenvalue weighted by Gasteiger charge is 2.09. The average Bonchev–Trinajstić information content (AvgIpc) is 2.50. The molecule has 1 aromatic heterocycles. The van der Waals surface area contributed by atoms with Crippen LogP contribution in [0.4, 0.5) is 16.3 Å². The number of ether oxygens (including phenoxy) is 1. The summed E-state index contributed by atoms with van der Waals surface area (Å²) in [5.74, 6) is 1.18. The lowest BCUT2D eigenvalue weighted by molar-refractivity contribution is 0.262. The zero-order chi connectivity index (χ0) is 15.2. The van der Waals surface area contributed by atoms with Gasteiger partial charge in [-0.15, -0.1) is 0 Å². The highest BCUT2D eigenvalue weighted by molar-refractivity contribution is 6.00. The van der Waals surface area contributed by atoms with Gasteiger partial charge < -0.3 is 10.1 Å². The van der Waals surface area contributed by atoms with Gasteiger partial charge in [-0.05, 0) is 42.7 Å². The summed E-state index contributed by atoms with van der Waals surface area (Å²) in [7, 11) is 1.58. The van der Waals surface area contributed by atoms with Crippen molar-refractivity contribution < 1.29 is 9.53 Å². The molecule has 0 unspecified atom stereocenters. The second kappa shape index (κ2) is 6.74. The summed E-state index contributed by atoms with van der Waals surface area (Å²) in [5, 5.41) is 5.50. The molecule has 1 aromatic carbocycles. The van der Waals surface area contributed by atoms with Gasteiger partial charge in [-0.1, -0.05) is 19.1 Å². The smallest absolute Gasteiger partial charge is 0.324 e. The van der Waals surface area contributed by atoms with Gasteiger partial charge in [0.05, 0.1) is 12.8 Å². The molecular weight excluding hydrogens is 266 g/mol. The number of benzene rings is 1. The van der Waals surface area contributed by atoms with Gasteiger partial charge in [-0.25, -0.2) is 9.78 Å². The molecule has 21 heavy (non-hydrogen) atoms. The number of hydrogen-bond donors (Lipinski definition) is 2. The first-order valence-corrected chi connectivity index (χ1v) is 6.80. The Morgan fingerprint density at radius 3 is 2.76 bits per heavy atom. The number of nitrogens with zero attached hydrogens (tertiary/aromatic N) is 1. The zero-order valence-electron chi connectivity index (χ0n) is 12.4. The number of methoxy groups -OCH3 is 1. The van der Waals surface area contributed by atoms with Crippen LogP contribution in [0.1, 0.15) is 18.1 Å². The van der Waals surface area contributed by atoms with E-state index in [1.54, 1.807) is 13.3 Å². The Bertz CT molecular complexity index is 641. The monoisotopic (exact) mass is 285 g/mol. The number of urea groups is 1. The molecule has 0 saturated heterocycles. The predicted molar refractivity (Wildman–Crippen MR) is 84.0 cm³/mol. The summed E-state index contributed by atoms with van der Waals surface area (Å²) in [5.41, 5.74) is 2.68. The summed E-state index contributed by atoms with van der Waals surface area (Å²) in [4.78, 5) is 16.2. The van der Waals surface area contributed by atoms with Crippen LogP contribution < -0.4 is 15.4 Å². The number of hydrogen-bond acceptors (Lipinski definition) is 3. The minimum atomic E-state index is -0.348. The summed E-state index contributed by atoms with van der Waals surface area (Å²) >= 11 is 0. The van der Waals surface area contributed by atoms with Crippen LogP contribution in [0, 0.1) is 6.92 Å². The largest absolute Gasteiger partial charge is 0.495 e. The molecule has 2 aromatic rings. The third-order valence-corrected chi connectivity index (χ3v) is 3.16. The lowest BCUT2D eigenvalue weighted by atomic mass is 10.1. The Labute approximate surface area is 124 Å². The van der Waals surface area contributed by atoms with E-state index in [1.165, 1.54) is 0 Å². The van der Waals surface area contributed by atoms with Crippen molar-refractivity contribution >= 4 is 17.5 Å². The fraction of sp³-hybridized carbons (Fsp3) is 0.250. The maximum Gasteiger partial charge on any atom is 0.324 e. The van der Waals surface area contributed by atoms with Crippen molar-refractivity contribution in [1.82, 2.24) is 4.98 Å². The molecule has 0 aliphatic rings. The molecule has 0 aliphatic carbocycles. The van der Waals surface area contributed by atoms with Crippen LogP contribution in [0.15, 0.2) is 36.5 Å². The fourth-order valence-electron chi connectivity index (χ4n) is 1.94. The number of carbonyl (C=O) groups excluding carboxylic acids is 1. The average molecular weight is 285 g/mol. The lowest BCUT2D eigenvalue weighted by Crippen LogP contribution is -2.21. The Morgan fingerprint density at radius 1 is 1.29 bits per heavy atom. The van der Waals surface area contributed by atoms with Gasteiger partial charge >= 0.3 is 6.03 Å². The zero-order valence-corrected chi connectivity index (χ0v) is 12.4. The van der Waals surface area contributed by atoms with Crippen LogP contribution in [-0.4, -0.2) is 18.1 Å². The SMILES string of the molecule is CCc1ccc(NC(=O)Nc2ncccc2C)c(OC)c1. The number of aryl methyl sites for hydroxylation is 2. The van der Waals surface area contributed by atoms with E-state index in [0.717, 1.165) is 17.5 Å². The number of amides is 2. The van der Waals surface area contributed by atoms with Crippen molar-refractivity contribution in [3.05, 3.63) is 47.7 Å². The summed E-state index contributed by atoms with van der Waals surface area (Å²) in [6.07, 6.45) is 2.55. The summed E-state index contributed by atoms with van der Waals surface area (Å²) in [6, 6.07) is 9.08. The topological polar surface area (TPSA) is 63.2 Å². The molecule has 5 nitrogen and oxygen atoms in total. The minimum absolute atomic E-state index is 0.348. The molecule has 2 amide bonds. The van der Waals surface area contributed by atoms with Crippen LogP contribution >= 0.6 is 0 Å². The number of aromatic nitrogens is 1. The van der Waals surface area contributed by atoms with Gasteiger partial charge in [0.25, 0.3) is 0 Å². The highest BCUT2D eigenvalue weighted by Crippen LogP contribution is 2.26. The van der Waals surface area contributed by atoms with Gasteiger partial charge in [0.2, 0.25) is 0 Å². The number of anilines is 2. The Morgan fingerprint density at radius 2 is 2.10 bits per heavy atom. The molecule has 0 spiro atoms. The first-order valence-electron chi connectivity index (χ1n) is 6.80. The van der Waals surface area contributed by atoms with E-state index in [9.17, 15) is 4.79 Å². The second-order valence-electron chi connectivity index (χ2n) is 4.64. The molecule has 5 heteroatoms. The Hall–Kier alpha value is -2.56. The number of nitrogens with one attached hydrogen (secondary N) is 2. The molecule has 0 aliphatic heterocycles. The molecule has 110 valence electrons. The summed E-state index contributed by atoms with van der Waals surface area (Å²) < 4.78 is 5.30. The first-order chi connectivity index (χ1) is 10.1. The molecule has 0 bridgehead atoms. The number of carbonyl (C=O) groups is 1. The van der Waals surface area contributed by atoms with Crippen LogP contribution in [0.3, 0.4) is 0 Å². The van der Waals surface area contributed by atoms with Gasteiger partial charge in [-0.2, -0.15) is 0 Å². The van der Waals surface area contributed by atoms with Crippen LogP contribution in [-0.2, 0) is 6.42 Å². The standard InChI is InChI=1S/C16H19N3O2/c1-4-12-7-8-13(14(10-12)21-3)18-16(20)19-15-11(2)6-5-9-17-15/h5-10H,4H2,1-3H3,(H2,17,18,19,20). The van der Waals surface area contributed by atoms with E-state index >= 15 is 0 Å². The molecule has 0 fully saturated rings. The quantitative estimate of drug-likeness (QED) is 0.902. The molecule has 0 atom stereocenters. The van der Waals surface area contributed by atoms with Crippen molar-refractivity contribution in [2.75, 3.05) is 17.7 Å². The van der Waals surface area contributed by atoms with E-state index in [0.29, 0.717) is 17.3 Å². The van der Waals surface area contributed by atoms with Gasteiger partial charge in [0, 0.05) is 6.20 Å². The van der Waals surface area contributed by atoms with Crippen molar-refractivity contribution in [1.29, 1.82) is 0 Å². The van der Waals surface area contributed by atoms with Crippen LogP contribution in [0.25, 0.3) is 0 Å². The molecule has 1 heterocycles. The van der Waals surface area contributed by atoms with Crippen LogP contribution in [0.5, 0.6) is 5.75 Å². The Balaban J connectivity index is 2.11. The van der Waals surface area contributed by atoms with Crippen molar-refractivity contribution in [3.63, 3.8) is 0 Å². The van der Waals surface area contributed by atoms with E-state index in [-0.39, 0.29) is 6.03 Å². The van der Waals surface area contributed by atoms with E-state index in [1.807, 2.05) is 37.3 Å². The summed E-state index contributed by atoms with van der Waals surface area (Å²) in [6.45, 7) is 3.96. The third kappa shape index (κ3) is 3.72. The number of rotatable bonds is 4. The third-order valence-electron chi connectivity index (χ3n) is 3.16. The van der Waals surface area contributed by atoms with E-state index in [4.69, 9.17) is 4.74 Å². The second-order valence-corrected chi connectivity index (χ2v) is 4.64. The first kappa shape index (κ1) is 14.8. The number of pyridine rings is 1.